The molecule has 0 saturated carbocycles. The van der Waals surface area contributed by atoms with Crippen LogP contribution in [0, 0.1) is 0 Å². The number of rotatable bonds is 6. The first-order valence-electron chi connectivity index (χ1n) is 6.35. The number of esters is 1. The predicted molar refractivity (Wildman–Crippen MR) is 79.8 cm³/mol. The molecule has 110 valence electrons. The first-order valence-corrected chi connectivity index (χ1v) is 7.51. The Bertz CT molecular complexity index is 460. The topological polar surface area (TPSA) is 63.6 Å². The Morgan fingerprint density at radius 1 is 1.15 bits per heavy atom. The summed E-state index contributed by atoms with van der Waals surface area (Å²) >= 11 is 1.48. The first kappa shape index (κ1) is 16.6. The van der Waals surface area contributed by atoms with Crippen molar-refractivity contribution in [3.05, 3.63) is 35.4 Å². The van der Waals surface area contributed by atoms with E-state index in [1.807, 2.05) is 32.9 Å². The number of carboxylic acid groups (broad SMARTS) is 1. The third kappa shape index (κ3) is 7.19. The summed E-state index contributed by atoms with van der Waals surface area (Å²) < 4.78 is 5.21. The molecule has 0 aliphatic heterocycles. The average molecular weight is 296 g/mol. The van der Waals surface area contributed by atoms with Crippen molar-refractivity contribution in [2.45, 2.75) is 38.5 Å². The molecule has 0 amide bonds. The van der Waals surface area contributed by atoms with Crippen LogP contribution in [0.2, 0.25) is 0 Å². The molecule has 1 aromatic rings. The highest BCUT2D eigenvalue weighted by atomic mass is 32.2. The molecule has 4 nitrogen and oxygen atoms in total. The number of thioether (sulfide) groups is 1. The largest absolute Gasteiger partial charge is 0.481 e. The van der Waals surface area contributed by atoms with Crippen LogP contribution in [0.1, 0.15) is 31.9 Å². The van der Waals surface area contributed by atoms with Gasteiger partial charge in [0.05, 0.1) is 12.2 Å². The number of hydrogen-bond acceptors (Lipinski definition) is 4. The monoisotopic (exact) mass is 296 g/mol. The zero-order chi connectivity index (χ0) is 15.2. The van der Waals surface area contributed by atoms with Crippen LogP contribution in [-0.2, 0) is 26.5 Å². The van der Waals surface area contributed by atoms with Crippen LogP contribution in [0.25, 0.3) is 0 Å². The van der Waals surface area contributed by atoms with Gasteiger partial charge in [-0.15, -0.1) is 11.8 Å². The number of carbonyl (C=O) groups is 2. The molecule has 1 N–H and O–H groups in total. The maximum absolute atomic E-state index is 11.5. The SMILES string of the molecule is CC(C)(C)OC(=O)CSCc1ccc(CC(=O)O)cc1. The number of carbonyl (C=O) groups excluding carboxylic acids is 1. The van der Waals surface area contributed by atoms with E-state index < -0.39 is 11.6 Å². The zero-order valence-corrected chi connectivity index (χ0v) is 12.8. The van der Waals surface area contributed by atoms with Gasteiger partial charge in [-0.2, -0.15) is 0 Å². The molecule has 0 bridgehead atoms. The number of aliphatic carboxylic acids is 1. The molecule has 0 aromatic heterocycles. The van der Waals surface area contributed by atoms with Crippen molar-refractivity contribution in [1.29, 1.82) is 0 Å². The summed E-state index contributed by atoms with van der Waals surface area (Å²) in [7, 11) is 0. The van der Waals surface area contributed by atoms with E-state index in [0.29, 0.717) is 11.5 Å². The molecule has 0 unspecified atom stereocenters. The number of benzene rings is 1. The van der Waals surface area contributed by atoms with Crippen molar-refractivity contribution in [3.63, 3.8) is 0 Å². The van der Waals surface area contributed by atoms with Crippen molar-refractivity contribution >= 4 is 23.7 Å². The van der Waals surface area contributed by atoms with Gasteiger partial charge in [-0.1, -0.05) is 24.3 Å². The summed E-state index contributed by atoms with van der Waals surface area (Å²) in [6.07, 6.45) is 0.0331. The lowest BCUT2D eigenvalue weighted by Gasteiger charge is -2.19. The van der Waals surface area contributed by atoms with E-state index in [1.54, 1.807) is 12.1 Å². The van der Waals surface area contributed by atoms with Gasteiger partial charge in [0.2, 0.25) is 0 Å². The smallest absolute Gasteiger partial charge is 0.316 e. The van der Waals surface area contributed by atoms with E-state index in [4.69, 9.17) is 9.84 Å². The number of ether oxygens (including phenoxy) is 1. The minimum atomic E-state index is -0.836. The molecule has 20 heavy (non-hydrogen) atoms. The zero-order valence-electron chi connectivity index (χ0n) is 12.0. The second kappa shape index (κ2) is 7.33. The highest BCUT2D eigenvalue weighted by molar-refractivity contribution is 7.99. The molecule has 0 aliphatic carbocycles. The summed E-state index contributed by atoms with van der Waals surface area (Å²) in [6, 6.07) is 7.38. The van der Waals surface area contributed by atoms with Gasteiger partial charge in [-0.25, -0.2) is 0 Å². The molecule has 0 fully saturated rings. The first-order chi connectivity index (χ1) is 9.26. The summed E-state index contributed by atoms with van der Waals surface area (Å²) in [5.41, 5.74) is 1.39. The van der Waals surface area contributed by atoms with E-state index in [1.165, 1.54) is 11.8 Å². The molecule has 0 radical (unpaired) electrons. The van der Waals surface area contributed by atoms with Crippen LogP contribution < -0.4 is 0 Å². The molecule has 0 aliphatic rings. The van der Waals surface area contributed by atoms with Crippen molar-refractivity contribution in [2.75, 3.05) is 5.75 Å². The Kier molecular flexibility index (Phi) is 6.07. The minimum Gasteiger partial charge on any atom is -0.481 e. The van der Waals surface area contributed by atoms with Gasteiger partial charge in [-0.05, 0) is 31.9 Å². The Balaban J connectivity index is 2.35. The van der Waals surface area contributed by atoms with Gasteiger partial charge in [-0.3, -0.25) is 9.59 Å². The van der Waals surface area contributed by atoms with E-state index >= 15 is 0 Å². The van der Waals surface area contributed by atoms with Crippen LogP contribution in [0.15, 0.2) is 24.3 Å². The van der Waals surface area contributed by atoms with Gasteiger partial charge < -0.3 is 9.84 Å². The van der Waals surface area contributed by atoms with E-state index in [-0.39, 0.29) is 12.4 Å². The predicted octanol–water partition coefficient (Wildman–Crippen LogP) is 2.89. The van der Waals surface area contributed by atoms with Crippen LogP contribution in [0.3, 0.4) is 0 Å². The molecule has 1 aromatic carbocycles. The second-order valence-corrected chi connectivity index (χ2v) is 6.45. The Morgan fingerprint density at radius 3 is 2.20 bits per heavy atom. The van der Waals surface area contributed by atoms with Gasteiger partial charge in [0.25, 0.3) is 0 Å². The van der Waals surface area contributed by atoms with Crippen molar-refractivity contribution in [2.24, 2.45) is 0 Å². The van der Waals surface area contributed by atoms with E-state index in [9.17, 15) is 9.59 Å². The molecular weight excluding hydrogens is 276 g/mol. The average Bonchev–Trinajstić information content (AvgIpc) is 2.28. The second-order valence-electron chi connectivity index (χ2n) is 5.47. The molecular formula is C15H20O4S. The Hall–Kier alpha value is -1.49. The molecule has 0 atom stereocenters. The third-order valence-electron chi connectivity index (χ3n) is 2.29. The highest BCUT2D eigenvalue weighted by Gasteiger charge is 2.15. The Labute approximate surface area is 123 Å². The minimum absolute atomic E-state index is 0.0331. The molecule has 0 saturated heterocycles. The van der Waals surface area contributed by atoms with Crippen molar-refractivity contribution < 1.29 is 19.4 Å². The summed E-state index contributed by atoms with van der Waals surface area (Å²) in [6.45, 7) is 5.53. The highest BCUT2D eigenvalue weighted by Crippen LogP contribution is 2.15. The van der Waals surface area contributed by atoms with E-state index in [0.717, 1.165) is 11.1 Å². The molecule has 5 heteroatoms. The fourth-order valence-electron chi connectivity index (χ4n) is 1.55. The maximum Gasteiger partial charge on any atom is 0.316 e. The van der Waals surface area contributed by atoms with Crippen LogP contribution in [-0.4, -0.2) is 28.4 Å². The summed E-state index contributed by atoms with van der Waals surface area (Å²) in [5.74, 6) is -0.0390. The van der Waals surface area contributed by atoms with Gasteiger partial charge in [0.15, 0.2) is 0 Å². The Morgan fingerprint density at radius 2 is 1.70 bits per heavy atom. The quantitative estimate of drug-likeness (QED) is 0.818. The summed E-state index contributed by atoms with van der Waals surface area (Å²) in [5, 5.41) is 8.68. The standard InChI is InChI=1S/C15H20O4S/c1-15(2,3)19-14(18)10-20-9-12-6-4-11(5-7-12)8-13(16)17/h4-7H,8-10H2,1-3H3,(H,16,17). The molecule has 0 spiro atoms. The maximum atomic E-state index is 11.5. The number of hydrogen-bond donors (Lipinski definition) is 1. The van der Waals surface area contributed by atoms with Crippen LogP contribution in [0.5, 0.6) is 0 Å². The van der Waals surface area contributed by atoms with Gasteiger partial charge >= 0.3 is 11.9 Å². The van der Waals surface area contributed by atoms with Crippen LogP contribution in [0.4, 0.5) is 0 Å². The fourth-order valence-corrected chi connectivity index (χ4v) is 2.31. The fraction of sp³-hybridized carbons (Fsp3) is 0.467. The van der Waals surface area contributed by atoms with Crippen molar-refractivity contribution in [3.8, 4) is 0 Å². The molecule has 0 heterocycles. The van der Waals surface area contributed by atoms with Gasteiger partial charge in [0.1, 0.15) is 5.60 Å². The summed E-state index contributed by atoms with van der Waals surface area (Å²) in [4.78, 5) is 22.1. The third-order valence-corrected chi connectivity index (χ3v) is 3.26. The normalized spacial score (nSPS) is 11.2. The lowest BCUT2D eigenvalue weighted by molar-refractivity contribution is -0.151. The van der Waals surface area contributed by atoms with E-state index in [2.05, 4.69) is 0 Å². The lowest BCUT2D eigenvalue weighted by Crippen LogP contribution is -2.24. The van der Waals surface area contributed by atoms with Crippen molar-refractivity contribution in [1.82, 2.24) is 0 Å². The molecule has 1 rings (SSSR count). The van der Waals surface area contributed by atoms with Crippen LogP contribution >= 0.6 is 11.8 Å². The number of carboxylic acids is 1. The lowest BCUT2D eigenvalue weighted by atomic mass is 10.1. The van der Waals surface area contributed by atoms with Gasteiger partial charge in [0, 0.05) is 5.75 Å².